The maximum Gasteiger partial charge on any atom is 0.339 e. The normalized spacial score (nSPS) is 16.8. The number of carbonyl (C=O) groups excluding carboxylic acids is 2. The van der Waals surface area contributed by atoms with Crippen LogP contribution in [-0.4, -0.2) is 49.6 Å². The lowest BCUT2D eigenvalue weighted by atomic mass is 10.1. The van der Waals surface area contributed by atoms with Gasteiger partial charge in [-0.15, -0.1) is 0 Å². The zero-order valence-corrected chi connectivity index (χ0v) is 10.2. The molecule has 1 fully saturated rings. The van der Waals surface area contributed by atoms with Crippen LogP contribution in [0.15, 0.2) is 24.3 Å². The molecule has 1 saturated heterocycles. The summed E-state index contributed by atoms with van der Waals surface area (Å²) in [4.78, 5) is 23.6. The number of carbonyl (C=O) groups is 2. The van der Waals surface area contributed by atoms with Gasteiger partial charge in [-0.25, -0.2) is 9.59 Å². The summed E-state index contributed by atoms with van der Waals surface area (Å²) in [5.74, 6) is -1.25. The number of rotatable bonds is 6. The lowest BCUT2D eigenvalue weighted by molar-refractivity contribution is 0.0405. The van der Waals surface area contributed by atoms with E-state index in [2.05, 4.69) is 0 Å². The van der Waals surface area contributed by atoms with Crippen LogP contribution in [0.3, 0.4) is 0 Å². The molecule has 1 N–H and O–H groups in total. The molecule has 0 spiro atoms. The monoisotopic (exact) mass is 266 g/mol. The van der Waals surface area contributed by atoms with E-state index < -0.39 is 11.9 Å². The van der Waals surface area contributed by atoms with Crippen LogP contribution in [0, 0.1) is 0 Å². The van der Waals surface area contributed by atoms with Crippen molar-refractivity contribution >= 4 is 11.9 Å². The molecule has 1 heterocycles. The van der Waals surface area contributed by atoms with Crippen molar-refractivity contribution in [2.24, 2.45) is 0 Å². The lowest BCUT2D eigenvalue weighted by Crippen LogP contribution is -2.16. The van der Waals surface area contributed by atoms with Crippen LogP contribution in [0.4, 0.5) is 0 Å². The Morgan fingerprint density at radius 1 is 1.21 bits per heavy atom. The van der Waals surface area contributed by atoms with Gasteiger partial charge in [0.25, 0.3) is 0 Å². The van der Waals surface area contributed by atoms with E-state index >= 15 is 0 Å². The molecular weight excluding hydrogens is 252 g/mol. The van der Waals surface area contributed by atoms with Crippen molar-refractivity contribution in [3.63, 3.8) is 0 Å². The first-order valence-electron chi connectivity index (χ1n) is 5.88. The fourth-order valence-electron chi connectivity index (χ4n) is 1.47. The molecule has 1 unspecified atom stereocenters. The van der Waals surface area contributed by atoms with Gasteiger partial charge in [0.15, 0.2) is 0 Å². The van der Waals surface area contributed by atoms with Crippen LogP contribution in [0.25, 0.3) is 0 Å². The first-order chi connectivity index (χ1) is 9.22. The van der Waals surface area contributed by atoms with E-state index in [1.807, 2.05) is 0 Å². The van der Waals surface area contributed by atoms with Gasteiger partial charge in [0, 0.05) is 0 Å². The summed E-state index contributed by atoms with van der Waals surface area (Å²) in [6, 6.07) is 6.22. The molecule has 0 radical (unpaired) electrons. The van der Waals surface area contributed by atoms with E-state index in [-0.39, 0.29) is 37.1 Å². The van der Waals surface area contributed by atoms with Gasteiger partial charge >= 0.3 is 11.9 Å². The SMILES string of the molecule is O=C(OCCO)c1ccccc1C(=O)OCC1CO1. The Morgan fingerprint density at radius 2 is 1.79 bits per heavy atom. The number of benzene rings is 1. The Balaban J connectivity index is 2.05. The molecule has 2 rings (SSSR count). The van der Waals surface area contributed by atoms with E-state index in [1.54, 1.807) is 12.1 Å². The third kappa shape index (κ3) is 3.77. The molecule has 0 aliphatic carbocycles. The van der Waals surface area contributed by atoms with E-state index in [1.165, 1.54) is 12.1 Å². The first-order valence-corrected chi connectivity index (χ1v) is 5.88. The molecule has 1 aliphatic rings. The van der Waals surface area contributed by atoms with Gasteiger partial charge in [0.1, 0.15) is 19.3 Å². The number of ether oxygens (including phenoxy) is 3. The van der Waals surface area contributed by atoms with E-state index in [9.17, 15) is 9.59 Å². The predicted octanol–water partition coefficient (Wildman–Crippen LogP) is 0.391. The molecule has 6 nitrogen and oxygen atoms in total. The third-order valence-electron chi connectivity index (χ3n) is 2.49. The number of aliphatic hydroxyl groups excluding tert-OH is 1. The summed E-state index contributed by atoms with van der Waals surface area (Å²) in [6.07, 6.45) is -0.0301. The molecule has 0 saturated carbocycles. The van der Waals surface area contributed by atoms with Crippen LogP contribution < -0.4 is 0 Å². The van der Waals surface area contributed by atoms with Crippen LogP contribution in [-0.2, 0) is 14.2 Å². The van der Waals surface area contributed by atoms with Crippen molar-refractivity contribution in [1.82, 2.24) is 0 Å². The minimum Gasteiger partial charge on any atom is -0.460 e. The maximum absolute atomic E-state index is 11.8. The first kappa shape index (κ1) is 13.5. The van der Waals surface area contributed by atoms with Crippen LogP contribution >= 0.6 is 0 Å². The van der Waals surface area contributed by atoms with Crippen molar-refractivity contribution in [3.05, 3.63) is 35.4 Å². The van der Waals surface area contributed by atoms with Crippen molar-refractivity contribution < 1.29 is 28.9 Å². The molecule has 102 valence electrons. The quantitative estimate of drug-likeness (QED) is 0.592. The Kier molecular flexibility index (Phi) is 4.48. The molecule has 0 aromatic heterocycles. The average Bonchev–Trinajstić information content (AvgIpc) is 3.26. The Labute approximate surface area is 109 Å². The van der Waals surface area contributed by atoms with Gasteiger partial charge in [-0.1, -0.05) is 12.1 Å². The molecule has 1 atom stereocenters. The fraction of sp³-hybridized carbons (Fsp3) is 0.385. The predicted molar refractivity (Wildman–Crippen MR) is 63.8 cm³/mol. The molecule has 1 aliphatic heterocycles. The zero-order valence-electron chi connectivity index (χ0n) is 10.2. The second-order valence-corrected chi connectivity index (χ2v) is 3.96. The molecule has 0 bridgehead atoms. The van der Waals surface area contributed by atoms with Crippen molar-refractivity contribution in [2.75, 3.05) is 26.4 Å². The van der Waals surface area contributed by atoms with Crippen molar-refractivity contribution in [1.29, 1.82) is 0 Å². The molecule has 1 aromatic rings. The van der Waals surface area contributed by atoms with Gasteiger partial charge in [-0.05, 0) is 12.1 Å². The number of hydrogen-bond donors (Lipinski definition) is 1. The molecule has 1 aromatic carbocycles. The standard InChI is InChI=1S/C13H14O6/c14-5-6-17-12(15)10-3-1-2-4-11(10)13(16)19-8-9-7-18-9/h1-4,9,14H,5-8H2. The minimum atomic E-state index is -0.663. The average molecular weight is 266 g/mol. The van der Waals surface area contributed by atoms with E-state index in [4.69, 9.17) is 19.3 Å². The topological polar surface area (TPSA) is 85.4 Å². The Morgan fingerprint density at radius 3 is 2.32 bits per heavy atom. The summed E-state index contributed by atoms with van der Waals surface area (Å²) >= 11 is 0. The van der Waals surface area contributed by atoms with Gasteiger partial charge in [-0.3, -0.25) is 0 Å². The second-order valence-electron chi connectivity index (χ2n) is 3.96. The number of hydrogen-bond acceptors (Lipinski definition) is 6. The zero-order chi connectivity index (χ0) is 13.7. The van der Waals surface area contributed by atoms with Gasteiger partial charge in [-0.2, -0.15) is 0 Å². The summed E-state index contributed by atoms with van der Waals surface area (Å²) in [6.45, 7) is 0.391. The Hall–Kier alpha value is -1.92. The molecule has 6 heteroatoms. The van der Waals surface area contributed by atoms with Crippen molar-refractivity contribution in [2.45, 2.75) is 6.10 Å². The summed E-state index contributed by atoms with van der Waals surface area (Å²) in [5, 5.41) is 8.61. The molecule has 19 heavy (non-hydrogen) atoms. The summed E-state index contributed by atoms with van der Waals surface area (Å²) in [5.41, 5.74) is 0.267. The van der Waals surface area contributed by atoms with Gasteiger partial charge in [0.2, 0.25) is 0 Å². The highest BCUT2D eigenvalue weighted by Gasteiger charge is 2.26. The fourth-order valence-corrected chi connectivity index (χ4v) is 1.47. The number of aliphatic hydroxyl groups is 1. The highest BCUT2D eigenvalue weighted by atomic mass is 16.6. The van der Waals surface area contributed by atoms with Gasteiger partial charge < -0.3 is 19.3 Å². The number of epoxide rings is 1. The highest BCUT2D eigenvalue weighted by Crippen LogP contribution is 2.14. The highest BCUT2D eigenvalue weighted by molar-refractivity contribution is 6.03. The molecular formula is C13H14O6. The summed E-state index contributed by atoms with van der Waals surface area (Å²) in [7, 11) is 0. The largest absolute Gasteiger partial charge is 0.460 e. The van der Waals surface area contributed by atoms with E-state index in [0.717, 1.165) is 0 Å². The lowest BCUT2D eigenvalue weighted by Gasteiger charge is -2.08. The minimum absolute atomic E-state index is 0.0301. The van der Waals surface area contributed by atoms with Crippen LogP contribution in [0.1, 0.15) is 20.7 Å². The van der Waals surface area contributed by atoms with E-state index in [0.29, 0.717) is 6.61 Å². The maximum atomic E-state index is 11.8. The summed E-state index contributed by atoms with van der Waals surface area (Å²) < 4.78 is 14.7. The molecule has 0 amide bonds. The van der Waals surface area contributed by atoms with Gasteiger partial charge in [0.05, 0.1) is 24.3 Å². The smallest absolute Gasteiger partial charge is 0.339 e. The second kappa shape index (κ2) is 6.31. The Bertz CT molecular complexity index is 466. The van der Waals surface area contributed by atoms with Crippen LogP contribution in [0.2, 0.25) is 0 Å². The number of esters is 2. The third-order valence-corrected chi connectivity index (χ3v) is 2.49. The van der Waals surface area contributed by atoms with Crippen LogP contribution in [0.5, 0.6) is 0 Å². The van der Waals surface area contributed by atoms with Crippen molar-refractivity contribution in [3.8, 4) is 0 Å².